The van der Waals surface area contributed by atoms with Crippen molar-refractivity contribution in [2.24, 2.45) is 17.8 Å². The highest BCUT2D eigenvalue weighted by molar-refractivity contribution is 5.81. The highest BCUT2D eigenvalue weighted by atomic mass is 16.1. The Morgan fingerprint density at radius 3 is 2.12 bits per heavy atom. The maximum Gasteiger partial charge on any atom is 0.136 e. The normalized spacial score (nSPS) is 18.7. The summed E-state index contributed by atoms with van der Waals surface area (Å²) in [6, 6.07) is 8.63. The number of nitrogens with zero attached hydrogens (tertiary/aromatic N) is 1. The second-order valence-corrected chi connectivity index (χ2v) is 11.9. The van der Waals surface area contributed by atoms with Gasteiger partial charge in [-0.1, -0.05) is 113 Å². The summed E-state index contributed by atoms with van der Waals surface area (Å²) in [5.41, 5.74) is 9.90. The third-order valence-electron chi connectivity index (χ3n) is 9.11. The van der Waals surface area contributed by atoms with Crippen LogP contribution in [0.5, 0.6) is 0 Å². The van der Waals surface area contributed by atoms with Crippen LogP contribution in [0, 0.1) is 45.4 Å². The predicted octanol–water partition coefficient (Wildman–Crippen LogP) is 9.55. The van der Waals surface area contributed by atoms with Crippen LogP contribution in [0.4, 0.5) is 0 Å². The standard InChI is InChI=1S/C25H33NO.C10H14.2C2H6.2H2O/c27-25(10-4-8-19-6-2-1-3-7-19)23-13-14-24-21(11-12-22(24)17-23)16-20-9-5-15-26-18-20;1-7-5-8(2)10(4)9(3)6-7;2*1-2;;/h5,9,11-12,15,18-19,23-24H,1-4,6-8,10,13-14,16-17H2;5-6H,1-4H3;2*1-2H3;2*1H2. The van der Waals surface area contributed by atoms with Gasteiger partial charge >= 0.3 is 0 Å². The van der Waals surface area contributed by atoms with E-state index in [1.807, 2.05) is 46.2 Å². The van der Waals surface area contributed by atoms with Crippen LogP contribution in [0.15, 0.2) is 60.0 Å². The Bertz CT molecular complexity index is 1090. The van der Waals surface area contributed by atoms with Gasteiger partial charge in [-0.05, 0) is 94.0 Å². The molecule has 2 saturated carbocycles. The molecular formula is C39H63NO3. The lowest BCUT2D eigenvalue weighted by molar-refractivity contribution is -0.123. The highest BCUT2D eigenvalue weighted by Crippen LogP contribution is 2.43. The molecule has 43 heavy (non-hydrogen) atoms. The number of ketones is 1. The molecule has 2 atom stereocenters. The van der Waals surface area contributed by atoms with E-state index in [1.165, 1.54) is 77.5 Å². The number of allylic oxidation sites excluding steroid dienone is 4. The minimum atomic E-state index is 0. The molecule has 4 nitrogen and oxygen atoms in total. The first kappa shape index (κ1) is 40.4. The van der Waals surface area contributed by atoms with E-state index in [0.717, 1.165) is 44.4 Å². The van der Waals surface area contributed by atoms with Gasteiger partial charge < -0.3 is 11.0 Å². The van der Waals surface area contributed by atoms with E-state index in [1.54, 1.807) is 0 Å². The molecule has 0 radical (unpaired) electrons. The molecule has 4 N–H and O–H groups in total. The Morgan fingerprint density at radius 1 is 0.860 bits per heavy atom. The lowest BCUT2D eigenvalue weighted by Gasteiger charge is -2.30. The third kappa shape index (κ3) is 12.9. The molecule has 0 amide bonds. The van der Waals surface area contributed by atoms with Crippen molar-refractivity contribution in [1.82, 2.24) is 4.98 Å². The molecule has 2 unspecified atom stereocenters. The molecule has 242 valence electrons. The summed E-state index contributed by atoms with van der Waals surface area (Å²) in [4.78, 5) is 17.0. The first-order chi connectivity index (χ1) is 19.9. The molecule has 0 aliphatic heterocycles. The minimum absolute atomic E-state index is 0. The molecule has 1 aromatic heterocycles. The Balaban J connectivity index is 0.000000935. The van der Waals surface area contributed by atoms with Crippen LogP contribution in [-0.4, -0.2) is 21.7 Å². The van der Waals surface area contributed by atoms with Crippen LogP contribution < -0.4 is 0 Å². The number of aromatic nitrogens is 1. The molecule has 0 spiro atoms. The first-order valence-corrected chi connectivity index (χ1v) is 16.8. The molecule has 3 aliphatic carbocycles. The number of hydrogen-bond acceptors (Lipinski definition) is 2. The zero-order chi connectivity index (χ0) is 30.2. The van der Waals surface area contributed by atoms with Crippen molar-refractivity contribution in [1.29, 1.82) is 0 Å². The van der Waals surface area contributed by atoms with Gasteiger partial charge in [-0.2, -0.15) is 0 Å². The van der Waals surface area contributed by atoms with Crippen LogP contribution >= 0.6 is 0 Å². The minimum Gasteiger partial charge on any atom is -0.412 e. The average molecular weight is 594 g/mol. The highest BCUT2D eigenvalue weighted by Gasteiger charge is 2.33. The Morgan fingerprint density at radius 2 is 1.51 bits per heavy atom. The van der Waals surface area contributed by atoms with Crippen molar-refractivity contribution in [2.45, 2.75) is 132 Å². The van der Waals surface area contributed by atoms with Gasteiger partial charge in [-0.3, -0.25) is 9.78 Å². The molecule has 1 aromatic carbocycles. The Kier molecular flexibility index (Phi) is 20.7. The summed E-state index contributed by atoms with van der Waals surface area (Å²) in [6.07, 6.45) is 22.9. The largest absolute Gasteiger partial charge is 0.412 e. The van der Waals surface area contributed by atoms with Crippen molar-refractivity contribution < 1.29 is 15.7 Å². The molecule has 1 heterocycles. The van der Waals surface area contributed by atoms with Gasteiger partial charge in [0.1, 0.15) is 5.78 Å². The summed E-state index contributed by atoms with van der Waals surface area (Å²) < 4.78 is 0. The van der Waals surface area contributed by atoms with Gasteiger partial charge in [0.05, 0.1) is 0 Å². The molecular weight excluding hydrogens is 530 g/mol. The number of carbonyl (C=O) groups is 1. The van der Waals surface area contributed by atoms with Crippen LogP contribution in [0.25, 0.3) is 0 Å². The maximum absolute atomic E-state index is 12.7. The van der Waals surface area contributed by atoms with Gasteiger partial charge in [0, 0.05) is 30.7 Å². The number of rotatable bonds is 7. The van der Waals surface area contributed by atoms with Crippen molar-refractivity contribution in [2.75, 3.05) is 0 Å². The predicted molar refractivity (Wildman–Crippen MR) is 186 cm³/mol. The summed E-state index contributed by atoms with van der Waals surface area (Å²) in [5.74, 6) is 2.30. The van der Waals surface area contributed by atoms with Crippen LogP contribution in [-0.2, 0) is 11.2 Å². The number of carbonyl (C=O) groups excluding carboxylic acids is 1. The fourth-order valence-electron chi connectivity index (χ4n) is 6.71. The van der Waals surface area contributed by atoms with Crippen molar-refractivity contribution in [3.8, 4) is 0 Å². The molecule has 5 rings (SSSR count). The van der Waals surface area contributed by atoms with Gasteiger partial charge in [0.15, 0.2) is 0 Å². The maximum atomic E-state index is 12.7. The van der Waals surface area contributed by atoms with Crippen molar-refractivity contribution >= 4 is 5.78 Å². The topological polar surface area (TPSA) is 93.0 Å². The summed E-state index contributed by atoms with van der Waals surface area (Å²) in [7, 11) is 0. The monoisotopic (exact) mass is 593 g/mol. The summed E-state index contributed by atoms with van der Waals surface area (Å²) in [5, 5.41) is 0. The van der Waals surface area contributed by atoms with E-state index >= 15 is 0 Å². The number of pyridine rings is 1. The first-order valence-electron chi connectivity index (χ1n) is 16.8. The molecule has 2 aromatic rings. The molecule has 0 saturated heterocycles. The van der Waals surface area contributed by atoms with E-state index in [9.17, 15) is 4.79 Å². The zero-order valence-electron chi connectivity index (χ0n) is 28.7. The zero-order valence-corrected chi connectivity index (χ0v) is 28.7. The van der Waals surface area contributed by atoms with Crippen LogP contribution in [0.2, 0.25) is 0 Å². The number of hydrogen-bond donors (Lipinski definition) is 0. The summed E-state index contributed by atoms with van der Waals surface area (Å²) >= 11 is 0. The Labute approximate surface area is 264 Å². The second-order valence-electron chi connectivity index (χ2n) is 11.9. The van der Waals surface area contributed by atoms with Crippen molar-refractivity contribution in [3.63, 3.8) is 0 Å². The van der Waals surface area contributed by atoms with Gasteiger partial charge in [-0.15, -0.1) is 0 Å². The lowest BCUT2D eigenvalue weighted by atomic mass is 9.74. The van der Waals surface area contributed by atoms with Gasteiger partial charge in [0.25, 0.3) is 0 Å². The summed E-state index contributed by atoms with van der Waals surface area (Å²) in [6.45, 7) is 16.6. The Hall–Kier alpha value is -2.56. The third-order valence-corrected chi connectivity index (χ3v) is 9.11. The molecule has 4 heteroatoms. The molecule has 0 bridgehead atoms. The van der Waals surface area contributed by atoms with Gasteiger partial charge in [0.2, 0.25) is 0 Å². The van der Waals surface area contributed by atoms with Crippen LogP contribution in [0.1, 0.15) is 126 Å². The quantitative estimate of drug-likeness (QED) is 0.320. The van der Waals surface area contributed by atoms with Gasteiger partial charge in [-0.25, -0.2) is 0 Å². The number of benzene rings is 1. The average Bonchev–Trinajstić information content (AvgIpc) is 3.41. The second kappa shape index (κ2) is 22.0. The number of aryl methyl sites for hydroxylation is 3. The number of fused-ring (bicyclic) bond motifs is 1. The van der Waals surface area contributed by atoms with E-state index in [-0.39, 0.29) is 16.9 Å². The SMILES string of the molecule is CC.CC.Cc1cc(C)c(C)c(C)c1.O.O.O=C(CCCC1CCCCC1)C1CCC2C(Cc3cccnc3)=CC=C2C1. The fraction of sp³-hybridized carbons (Fsp3) is 0.590. The molecule has 3 aliphatic rings. The van der Waals surface area contributed by atoms with E-state index in [4.69, 9.17) is 0 Å². The lowest BCUT2D eigenvalue weighted by Crippen LogP contribution is -2.24. The van der Waals surface area contributed by atoms with E-state index in [0.29, 0.717) is 11.7 Å². The van der Waals surface area contributed by atoms with Crippen molar-refractivity contribution in [3.05, 3.63) is 87.8 Å². The number of Topliss-reactive ketones (excluding diaryl/α,β-unsaturated/α-hetero) is 1. The fourth-order valence-corrected chi connectivity index (χ4v) is 6.71. The molecule has 2 fully saturated rings. The van der Waals surface area contributed by atoms with Crippen LogP contribution in [0.3, 0.4) is 0 Å². The van der Waals surface area contributed by atoms with E-state index < -0.39 is 0 Å². The van der Waals surface area contributed by atoms with E-state index in [2.05, 4.69) is 63.0 Å². The smallest absolute Gasteiger partial charge is 0.136 e.